The molecule has 348 valence electrons. The first-order chi connectivity index (χ1) is 36.7. The fourth-order valence-corrected chi connectivity index (χ4v) is 10.9. The molecule has 0 bridgehead atoms. The fourth-order valence-electron chi connectivity index (χ4n) is 10.9. The Morgan fingerprint density at radius 3 is 1.16 bits per heavy atom. The predicted molar refractivity (Wildman–Crippen MR) is 314 cm³/mol. The minimum atomic E-state index is 1.06. The topological polar surface area (TPSA) is 8.17 Å². The van der Waals surface area contributed by atoms with Crippen molar-refractivity contribution < 1.29 is 0 Å². The molecular formula is C72H50N2. The lowest BCUT2D eigenvalue weighted by atomic mass is 9.88. The van der Waals surface area contributed by atoms with Crippen molar-refractivity contribution in [3.8, 4) is 83.6 Å². The van der Waals surface area contributed by atoms with Crippen LogP contribution in [-0.4, -0.2) is 4.57 Å². The third kappa shape index (κ3) is 8.35. The molecule has 0 atom stereocenters. The molecule has 0 saturated heterocycles. The fraction of sp³-hybridized carbons (Fsp3) is 0. The van der Waals surface area contributed by atoms with Gasteiger partial charge in [0.05, 0.1) is 16.7 Å². The Balaban J connectivity index is 0.944. The van der Waals surface area contributed by atoms with Gasteiger partial charge in [-0.1, -0.05) is 224 Å². The predicted octanol–water partition coefficient (Wildman–Crippen LogP) is 19.9. The van der Waals surface area contributed by atoms with Crippen LogP contribution in [0.15, 0.2) is 303 Å². The molecule has 1 heterocycles. The van der Waals surface area contributed by atoms with E-state index in [9.17, 15) is 0 Å². The van der Waals surface area contributed by atoms with Crippen LogP contribution in [0.25, 0.3) is 105 Å². The van der Waals surface area contributed by atoms with E-state index in [-0.39, 0.29) is 0 Å². The molecule has 2 heteroatoms. The molecule has 0 aliphatic rings. The van der Waals surface area contributed by atoms with Gasteiger partial charge in [-0.15, -0.1) is 0 Å². The molecule has 0 unspecified atom stereocenters. The van der Waals surface area contributed by atoms with E-state index >= 15 is 0 Å². The average Bonchev–Trinajstić information content (AvgIpc) is 3.84. The normalized spacial score (nSPS) is 11.2. The first kappa shape index (κ1) is 44.2. The maximum Gasteiger partial charge on any atom is 0.0541 e. The summed E-state index contributed by atoms with van der Waals surface area (Å²) < 4.78 is 2.37. The van der Waals surface area contributed by atoms with Crippen molar-refractivity contribution in [1.82, 2.24) is 4.57 Å². The van der Waals surface area contributed by atoms with Crippen LogP contribution in [0.3, 0.4) is 0 Å². The van der Waals surface area contributed by atoms with Crippen LogP contribution < -0.4 is 4.90 Å². The van der Waals surface area contributed by atoms with Gasteiger partial charge in [-0.05, 0) is 151 Å². The highest BCUT2D eigenvalue weighted by Gasteiger charge is 2.21. The van der Waals surface area contributed by atoms with E-state index in [1.165, 1.54) is 83.0 Å². The molecular weight excluding hydrogens is 893 g/mol. The molecule has 1 aromatic heterocycles. The number of rotatable bonds is 11. The lowest BCUT2D eigenvalue weighted by Gasteiger charge is -2.29. The van der Waals surface area contributed by atoms with Gasteiger partial charge in [-0.2, -0.15) is 0 Å². The summed E-state index contributed by atoms with van der Waals surface area (Å²) in [7, 11) is 0. The van der Waals surface area contributed by atoms with Crippen molar-refractivity contribution >= 4 is 38.9 Å². The largest absolute Gasteiger partial charge is 0.310 e. The Bertz CT molecular complexity index is 4030. The van der Waals surface area contributed by atoms with Gasteiger partial charge >= 0.3 is 0 Å². The molecule has 13 rings (SSSR count). The summed E-state index contributed by atoms with van der Waals surface area (Å²) in [5.41, 5.74) is 23.3. The standard InChI is InChI=1S/C72H50N2/c1-5-21-51(22-6-1)57-47-58(52-23-7-2-8-24-52)49-59(48-57)54-39-44-62(45-40-54)73(70-35-19-17-33-67(70)66-32-16-15-31-65(66)64-30-14-13-29-63(64)55-25-9-3-10-26-55)61-42-37-53(38-43-61)56-41-46-72-69(50-56)68-34-18-20-36-71(68)74(72)60-27-11-4-12-28-60/h1-50H. The number of benzene rings is 12. The van der Waals surface area contributed by atoms with Crippen molar-refractivity contribution in [2.24, 2.45) is 0 Å². The van der Waals surface area contributed by atoms with Crippen molar-refractivity contribution in [3.63, 3.8) is 0 Å². The first-order valence-electron chi connectivity index (χ1n) is 25.4. The zero-order valence-corrected chi connectivity index (χ0v) is 40.8. The zero-order chi connectivity index (χ0) is 49.2. The number of nitrogens with zero attached hydrogens (tertiary/aromatic N) is 2. The van der Waals surface area contributed by atoms with Gasteiger partial charge in [0, 0.05) is 33.4 Å². The van der Waals surface area contributed by atoms with E-state index in [0.717, 1.165) is 39.4 Å². The second-order valence-electron chi connectivity index (χ2n) is 18.9. The van der Waals surface area contributed by atoms with Gasteiger partial charge in [0.1, 0.15) is 0 Å². The second kappa shape index (κ2) is 19.4. The van der Waals surface area contributed by atoms with E-state index in [2.05, 4.69) is 313 Å². The Morgan fingerprint density at radius 2 is 0.595 bits per heavy atom. The highest BCUT2D eigenvalue weighted by Crippen LogP contribution is 2.46. The zero-order valence-electron chi connectivity index (χ0n) is 40.8. The Labute approximate surface area is 433 Å². The van der Waals surface area contributed by atoms with Crippen LogP contribution in [0, 0.1) is 0 Å². The maximum atomic E-state index is 2.43. The smallest absolute Gasteiger partial charge is 0.0541 e. The Hall–Kier alpha value is -9.76. The molecule has 0 amide bonds. The average molecular weight is 943 g/mol. The molecule has 0 radical (unpaired) electrons. The number of fused-ring (bicyclic) bond motifs is 3. The number of hydrogen-bond donors (Lipinski definition) is 0. The van der Waals surface area contributed by atoms with Gasteiger partial charge in [0.2, 0.25) is 0 Å². The highest BCUT2D eigenvalue weighted by molar-refractivity contribution is 6.10. The van der Waals surface area contributed by atoms with Crippen LogP contribution in [0.5, 0.6) is 0 Å². The Morgan fingerprint density at radius 1 is 0.216 bits per heavy atom. The molecule has 74 heavy (non-hydrogen) atoms. The van der Waals surface area contributed by atoms with E-state index in [1.807, 2.05) is 0 Å². The third-order valence-electron chi connectivity index (χ3n) is 14.4. The molecule has 0 fully saturated rings. The van der Waals surface area contributed by atoms with E-state index in [0.29, 0.717) is 0 Å². The quantitative estimate of drug-likeness (QED) is 0.125. The molecule has 0 saturated carbocycles. The van der Waals surface area contributed by atoms with E-state index < -0.39 is 0 Å². The van der Waals surface area contributed by atoms with Gasteiger partial charge in [0.15, 0.2) is 0 Å². The SMILES string of the molecule is c1ccc(-c2cc(-c3ccccc3)cc(-c3ccc(N(c4ccc(-c5ccc6c(c5)c5ccccc5n6-c5ccccc5)cc4)c4ccccc4-c4ccccc4-c4ccccc4-c4ccccc4)cc3)c2)cc1. The van der Waals surface area contributed by atoms with Crippen molar-refractivity contribution in [3.05, 3.63) is 303 Å². The minimum absolute atomic E-state index is 1.06. The molecule has 12 aromatic carbocycles. The van der Waals surface area contributed by atoms with Crippen LogP contribution in [0.2, 0.25) is 0 Å². The third-order valence-corrected chi connectivity index (χ3v) is 14.4. The van der Waals surface area contributed by atoms with Crippen molar-refractivity contribution in [2.45, 2.75) is 0 Å². The van der Waals surface area contributed by atoms with Gasteiger partial charge in [0.25, 0.3) is 0 Å². The summed E-state index contributed by atoms with van der Waals surface area (Å²) in [5, 5.41) is 2.48. The van der Waals surface area contributed by atoms with Crippen LogP contribution in [-0.2, 0) is 0 Å². The number of anilines is 3. The summed E-state index contributed by atoms with van der Waals surface area (Å²) >= 11 is 0. The summed E-state index contributed by atoms with van der Waals surface area (Å²) in [6, 6.07) is 110. The number of aromatic nitrogens is 1. The van der Waals surface area contributed by atoms with Crippen LogP contribution in [0.1, 0.15) is 0 Å². The van der Waals surface area contributed by atoms with Crippen LogP contribution in [0.4, 0.5) is 17.1 Å². The lowest BCUT2D eigenvalue weighted by Crippen LogP contribution is -2.11. The molecule has 0 spiro atoms. The highest BCUT2D eigenvalue weighted by atomic mass is 15.1. The monoisotopic (exact) mass is 942 g/mol. The first-order valence-corrected chi connectivity index (χ1v) is 25.4. The number of para-hydroxylation sites is 3. The summed E-state index contributed by atoms with van der Waals surface area (Å²) in [5.74, 6) is 0. The summed E-state index contributed by atoms with van der Waals surface area (Å²) in [6.07, 6.45) is 0. The van der Waals surface area contributed by atoms with Gasteiger partial charge in [-0.3, -0.25) is 0 Å². The molecule has 13 aromatic rings. The van der Waals surface area contributed by atoms with Crippen molar-refractivity contribution in [1.29, 1.82) is 0 Å². The molecule has 0 aliphatic heterocycles. The molecule has 0 aliphatic carbocycles. The molecule has 0 N–H and O–H groups in total. The summed E-state index contributed by atoms with van der Waals surface area (Å²) in [6.45, 7) is 0. The van der Waals surface area contributed by atoms with Crippen molar-refractivity contribution in [2.75, 3.05) is 4.90 Å². The summed E-state index contributed by atoms with van der Waals surface area (Å²) in [4.78, 5) is 2.43. The van der Waals surface area contributed by atoms with Gasteiger partial charge in [-0.25, -0.2) is 0 Å². The van der Waals surface area contributed by atoms with Crippen LogP contribution >= 0.6 is 0 Å². The molecule has 2 nitrogen and oxygen atoms in total. The Kier molecular flexibility index (Phi) is 11.6. The van der Waals surface area contributed by atoms with Gasteiger partial charge < -0.3 is 9.47 Å². The number of hydrogen-bond acceptors (Lipinski definition) is 1. The maximum absolute atomic E-state index is 2.43. The minimum Gasteiger partial charge on any atom is -0.310 e. The second-order valence-corrected chi connectivity index (χ2v) is 18.9. The van der Waals surface area contributed by atoms with E-state index in [1.54, 1.807) is 0 Å². The lowest BCUT2D eigenvalue weighted by molar-refractivity contribution is 1.18. The van der Waals surface area contributed by atoms with E-state index in [4.69, 9.17) is 0 Å².